The predicted molar refractivity (Wildman–Crippen MR) is 116 cm³/mol. The number of benzene rings is 3. The number of unbranched alkanes of at least 4 members (excludes halogenated alkanes) is 2. The third kappa shape index (κ3) is 4.58. The first-order valence-corrected chi connectivity index (χ1v) is 10.9. The van der Waals surface area contributed by atoms with Gasteiger partial charge in [-0.2, -0.15) is 17.6 Å². The molecule has 0 aromatic heterocycles. The van der Waals surface area contributed by atoms with Crippen LogP contribution in [0.4, 0.5) is 26.3 Å². The van der Waals surface area contributed by atoms with E-state index in [9.17, 15) is 26.3 Å². The second-order valence-electron chi connectivity index (χ2n) is 8.21. The SMILES string of the molecule is CCCCCc1ccc(-c2ccc(C(F)(F)C(F)(F)c3ccc4c(c3)OC(F)(F)O4)cc2)cc1. The van der Waals surface area contributed by atoms with Crippen LogP contribution in [0, 0.1) is 0 Å². The quantitative estimate of drug-likeness (QED) is 0.239. The first-order chi connectivity index (χ1) is 16.0. The van der Waals surface area contributed by atoms with Crippen LogP contribution in [0.5, 0.6) is 11.5 Å². The Kier molecular flexibility index (Phi) is 6.27. The standard InChI is InChI=1S/C26H22F6O2/c1-2-3-4-5-17-6-8-18(9-7-17)19-10-12-20(13-11-19)24(27,28)25(29,30)21-14-15-22-23(16-21)34-26(31,32)33-22/h6-16H,2-5H2,1H3. The number of fused-ring (bicyclic) bond motifs is 1. The van der Waals surface area contributed by atoms with Gasteiger partial charge in [-0.15, -0.1) is 8.78 Å². The molecule has 3 aromatic carbocycles. The Morgan fingerprint density at radius 2 is 1.21 bits per heavy atom. The van der Waals surface area contributed by atoms with Crippen molar-refractivity contribution in [1.29, 1.82) is 0 Å². The lowest BCUT2D eigenvalue weighted by Crippen LogP contribution is -2.35. The maximum atomic E-state index is 14.9. The number of rotatable bonds is 8. The maximum absolute atomic E-state index is 14.9. The fourth-order valence-electron chi connectivity index (χ4n) is 3.82. The van der Waals surface area contributed by atoms with Crippen molar-refractivity contribution >= 4 is 0 Å². The Morgan fingerprint density at radius 3 is 1.82 bits per heavy atom. The second kappa shape index (κ2) is 8.89. The lowest BCUT2D eigenvalue weighted by Gasteiger charge is -2.27. The van der Waals surface area contributed by atoms with Crippen molar-refractivity contribution in [3.63, 3.8) is 0 Å². The largest absolute Gasteiger partial charge is 0.586 e. The number of ether oxygens (including phenoxy) is 2. The van der Waals surface area contributed by atoms with Gasteiger partial charge in [0.2, 0.25) is 0 Å². The van der Waals surface area contributed by atoms with Gasteiger partial charge in [0.1, 0.15) is 0 Å². The normalized spacial score (nSPS) is 14.9. The van der Waals surface area contributed by atoms with Gasteiger partial charge in [0.25, 0.3) is 0 Å². The first kappa shape index (κ1) is 24.0. The zero-order valence-electron chi connectivity index (χ0n) is 18.3. The maximum Gasteiger partial charge on any atom is 0.586 e. The van der Waals surface area contributed by atoms with Gasteiger partial charge in [-0.3, -0.25) is 0 Å². The van der Waals surface area contributed by atoms with Crippen LogP contribution in [0.2, 0.25) is 0 Å². The molecule has 0 N–H and O–H groups in total. The van der Waals surface area contributed by atoms with Gasteiger partial charge < -0.3 is 9.47 Å². The fourth-order valence-corrected chi connectivity index (χ4v) is 3.82. The van der Waals surface area contributed by atoms with E-state index < -0.39 is 40.8 Å². The molecule has 0 spiro atoms. The van der Waals surface area contributed by atoms with Crippen LogP contribution in [-0.4, -0.2) is 6.29 Å². The molecular formula is C26H22F6O2. The zero-order chi connectivity index (χ0) is 24.6. The summed E-state index contributed by atoms with van der Waals surface area (Å²) < 4.78 is 94.0. The molecule has 0 saturated heterocycles. The molecule has 0 unspecified atom stereocenters. The molecule has 0 amide bonds. The van der Waals surface area contributed by atoms with Crippen molar-refractivity contribution in [1.82, 2.24) is 0 Å². The number of hydrogen-bond acceptors (Lipinski definition) is 2. The molecule has 34 heavy (non-hydrogen) atoms. The summed E-state index contributed by atoms with van der Waals surface area (Å²) >= 11 is 0. The molecule has 1 aliphatic rings. The molecular weight excluding hydrogens is 458 g/mol. The Bertz CT molecular complexity index is 1140. The third-order valence-electron chi connectivity index (χ3n) is 5.76. The van der Waals surface area contributed by atoms with E-state index in [2.05, 4.69) is 16.4 Å². The van der Waals surface area contributed by atoms with Crippen LogP contribution in [0.3, 0.4) is 0 Å². The number of alkyl halides is 6. The molecule has 0 aliphatic carbocycles. The van der Waals surface area contributed by atoms with Gasteiger partial charge in [-0.05, 0) is 47.7 Å². The van der Waals surface area contributed by atoms with Crippen molar-refractivity contribution in [2.24, 2.45) is 0 Å². The second-order valence-corrected chi connectivity index (χ2v) is 8.21. The highest BCUT2D eigenvalue weighted by molar-refractivity contribution is 5.64. The fraction of sp³-hybridized carbons (Fsp3) is 0.308. The van der Waals surface area contributed by atoms with Gasteiger partial charge in [-0.1, -0.05) is 68.3 Å². The van der Waals surface area contributed by atoms with E-state index in [1.54, 1.807) is 0 Å². The van der Waals surface area contributed by atoms with Crippen LogP contribution >= 0.6 is 0 Å². The molecule has 180 valence electrons. The van der Waals surface area contributed by atoms with E-state index in [0.717, 1.165) is 49.4 Å². The summed E-state index contributed by atoms with van der Waals surface area (Å²) in [7, 11) is 0. The zero-order valence-corrected chi connectivity index (χ0v) is 18.3. The smallest absolute Gasteiger partial charge is 0.395 e. The molecule has 0 atom stereocenters. The molecule has 8 heteroatoms. The van der Waals surface area contributed by atoms with E-state index in [1.165, 1.54) is 17.7 Å². The molecule has 0 saturated carbocycles. The average molecular weight is 480 g/mol. The minimum Gasteiger partial charge on any atom is -0.395 e. The van der Waals surface area contributed by atoms with E-state index in [1.807, 2.05) is 24.3 Å². The van der Waals surface area contributed by atoms with Gasteiger partial charge >= 0.3 is 18.1 Å². The molecule has 3 aromatic rings. The Hall–Kier alpha value is -3.16. The molecule has 2 nitrogen and oxygen atoms in total. The van der Waals surface area contributed by atoms with Crippen molar-refractivity contribution in [3.05, 3.63) is 83.4 Å². The Balaban J connectivity index is 1.54. The number of aryl methyl sites for hydroxylation is 1. The summed E-state index contributed by atoms with van der Waals surface area (Å²) in [6.07, 6.45) is 0.257. The monoisotopic (exact) mass is 480 g/mol. The highest BCUT2D eigenvalue weighted by atomic mass is 19.3. The summed E-state index contributed by atoms with van der Waals surface area (Å²) in [6.45, 7) is 2.13. The lowest BCUT2D eigenvalue weighted by atomic mass is 9.94. The summed E-state index contributed by atoms with van der Waals surface area (Å²) in [4.78, 5) is 0. The average Bonchev–Trinajstić information content (AvgIpc) is 3.12. The van der Waals surface area contributed by atoms with Gasteiger partial charge in [0.05, 0.1) is 0 Å². The van der Waals surface area contributed by atoms with Crippen LogP contribution in [-0.2, 0) is 18.3 Å². The van der Waals surface area contributed by atoms with E-state index >= 15 is 0 Å². The van der Waals surface area contributed by atoms with Crippen LogP contribution in [0.15, 0.2) is 66.7 Å². The first-order valence-electron chi connectivity index (χ1n) is 10.9. The Morgan fingerprint density at radius 1 is 0.676 bits per heavy atom. The summed E-state index contributed by atoms with van der Waals surface area (Å²) in [6, 6.07) is 14.1. The summed E-state index contributed by atoms with van der Waals surface area (Å²) in [5.74, 6) is -10.5. The molecule has 0 fully saturated rings. The molecule has 4 rings (SSSR count). The van der Waals surface area contributed by atoms with Gasteiger partial charge in [0, 0.05) is 11.1 Å². The number of halogens is 6. The summed E-state index contributed by atoms with van der Waals surface area (Å²) in [5.41, 5.74) is 0.480. The predicted octanol–water partition coefficient (Wildman–Crippen LogP) is 8.29. The van der Waals surface area contributed by atoms with Gasteiger partial charge in [-0.25, -0.2) is 0 Å². The molecule has 1 heterocycles. The van der Waals surface area contributed by atoms with E-state index in [0.29, 0.717) is 17.7 Å². The number of hydrogen-bond donors (Lipinski definition) is 0. The van der Waals surface area contributed by atoms with Gasteiger partial charge in [0.15, 0.2) is 11.5 Å². The highest BCUT2D eigenvalue weighted by Gasteiger charge is 2.59. The third-order valence-corrected chi connectivity index (χ3v) is 5.76. The van der Waals surface area contributed by atoms with E-state index in [4.69, 9.17) is 0 Å². The molecule has 1 aliphatic heterocycles. The molecule has 0 bridgehead atoms. The van der Waals surface area contributed by atoms with Crippen molar-refractivity contribution in [2.45, 2.75) is 50.7 Å². The van der Waals surface area contributed by atoms with Crippen LogP contribution in [0.25, 0.3) is 11.1 Å². The Labute approximate surface area is 193 Å². The van der Waals surface area contributed by atoms with Crippen molar-refractivity contribution < 1.29 is 35.8 Å². The van der Waals surface area contributed by atoms with Crippen LogP contribution in [0.1, 0.15) is 42.9 Å². The summed E-state index contributed by atoms with van der Waals surface area (Å²) in [5, 5.41) is 0. The van der Waals surface area contributed by atoms with E-state index in [-0.39, 0.29) is 0 Å². The highest BCUT2D eigenvalue weighted by Crippen LogP contribution is 2.52. The van der Waals surface area contributed by atoms with Crippen molar-refractivity contribution in [3.8, 4) is 22.6 Å². The lowest BCUT2D eigenvalue weighted by molar-refractivity contribution is -0.286. The minimum absolute atomic E-state index is 0.445. The topological polar surface area (TPSA) is 18.5 Å². The molecule has 0 radical (unpaired) electrons. The van der Waals surface area contributed by atoms with Crippen LogP contribution < -0.4 is 9.47 Å². The minimum atomic E-state index is -4.69. The van der Waals surface area contributed by atoms with Crippen molar-refractivity contribution in [2.75, 3.05) is 0 Å².